The first-order chi connectivity index (χ1) is 7.58. The molecule has 1 aliphatic heterocycles. The van der Waals surface area contributed by atoms with Gasteiger partial charge >= 0.3 is 6.03 Å². The highest BCUT2D eigenvalue weighted by Crippen LogP contribution is 2.23. The van der Waals surface area contributed by atoms with Crippen molar-refractivity contribution in [2.75, 3.05) is 20.6 Å². The molecule has 1 aliphatic rings. The highest BCUT2D eigenvalue weighted by molar-refractivity contribution is 5.74. The summed E-state index contributed by atoms with van der Waals surface area (Å²) in [6.45, 7) is 1.33. The average Bonchev–Trinajstić information content (AvgIpc) is 2.26. The molecule has 2 amide bonds. The van der Waals surface area contributed by atoms with Crippen molar-refractivity contribution < 1.29 is 9.90 Å². The van der Waals surface area contributed by atoms with E-state index in [4.69, 9.17) is 0 Å². The molecule has 0 fully saturated rings. The fourth-order valence-corrected chi connectivity index (χ4v) is 1.99. The summed E-state index contributed by atoms with van der Waals surface area (Å²) in [7, 11) is 3.50. The van der Waals surface area contributed by atoms with Crippen LogP contribution in [0, 0.1) is 0 Å². The van der Waals surface area contributed by atoms with Crippen LogP contribution < -0.4 is 0 Å². The van der Waals surface area contributed by atoms with Crippen LogP contribution in [0.15, 0.2) is 18.2 Å². The molecule has 0 aliphatic carbocycles. The van der Waals surface area contributed by atoms with E-state index in [0.29, 0.717) is 6.54 Å². The molecule has 1 N–H and O–H groups in total. The fourth-order valence-electron chi connectivity index (χ4n) is 1.99. The maximum absolute atomic E-state index is 11.8. The Morgan fingerprint density at radius 3 is 2.81 bits per heavy atom. The van der Waals surface area contributed by atoms with Gasteiger partial charge in [0, 0.05) is 27.2 Å². The van der Waals surface area contributed by atoms with Gasteiger partial charge in [-0.25, -0.2) is 4.79 Å². The number of hydrogen-bond acceptors (Lipinski definition) is 2. The highest BCUT2D eigenvalue weighted by atomic mass is 16.3. The van der Waals surface area contributed by atoms with Gasteiger partial charge in [0.05, 0.1) is 0 Å². The van der Waals surface area contributed by atoms with E-state index in [2.05, 4.69) is 0 Å². The van der Waals surface area contributed by atoms with Crippen molar-refractivity contribution in [1.82, 2.24) is 9.80 Å². The molecule has 0 atom stereocenters. The first-order valence-electron chi connectivity index (χ1n) is 5.35. The van der Waals surface area contributed by atoms with Crippen molar-refractivity contribution in [1.29, 1.82) is 0 Å². The van der Waals surface area contributed by atoms with Crippen molar-refractivity contribution in [3.05, 3.63) is 29.3 Å². The number of aromatic hydroxyl groups is 1. The van der Waals surface area contributed by atoms with Gasteiger partial charge in [-0.1, -0.05) is 6.07 Å². The Morgan fingerprint density at radius 1 is 1.38 bits per heavy atom. The van der Waals surface area contributed by atoms with Crippen molar-refractivity contribution in [2.45, 2.75) is 13.0 Å². The lowest BCUT2D eigenvalue weighted by Gasteiger charge is -2.31. The minimum absolute atomic E-state index is 0.0222. The van der Waals surface area contributed by atoms with Gasteiger partial charge in [-0.2, -0.15) is 0 Å². The molecule has 0 saturated carbocycles. The number of carbonyl (C=O) groups is 1. The molecule has 0 bridgehead atoms. The summed E-state index contributed by atoms with van der Waals surface area (Å²) >= 11 is 0. The molecule has 0 saturated heterocycles. The lowest BCUT2D eigenvalue weighted by molar-refractivity contribution is 0.165. The van der Waals surface area contributed by atoms with E-state index in [-0.39, 0.29) is 11.8 Å². The monoisotopic (exact) mass is 220 g/mol. The Bertz CT molecular complexity index is 415. The van der Waals surface area contributed by atoms with Crippen LogP contribution in [-0.2, 0) is 13.0 Å². The van der Waals surface area contributed by atoms with Crippen LogP contribution in [-0.4, -0.2) is 41.6 Å². The molecular formula is C12H16N2O2. The predicted octanol–water partition coefficient (Wildman–Crippen LogP) is 1.43. The van der Waals surface area contributed by atoms with Crippen LogP contribution in [0.4, 0.5) is 4.79 Å². The second kappa shape index (κ2) is 4.04. The van der Waals surface area contributed by atoms with Crippen LogP contribution in [0.2, 0.25) is 0 Å². The second-order valence-corrected chi connectivity index (χ2v) is 4.30. The van der Waals surface area contributed by atoms with E-state index in [1.54, 1.807) is 36.0 Å². The molecule has 2 rings (SSSR count). The van der Waals surface area contributed by atoms with Gasteiger partial charge in [-0.3, -0.25) is 0 Å². The number of fused-ring (bicyclic) bond motifs is 1. The Hall–Kier alpha value is -1.71. The number of hydrogen-bond donors (Lipinski definition) is 1. The van der Waals surface area contributed by atoms with Crippen LogP contribution in [0.5, 0.6) is 5.75 Å². The Morgan fingerprint density at radius 2 is 2.12 bits per heavy atom. The van der Waals surface area contributed by atoms with Gasteiger partial charge in [-0.15, -0.1) is 0 Å². The molecule has 1 heterocycles. The number of amides is 2. The highest BCUT2D eigenvalue weighted by Gasteiger charge is 2.21. The minimum atomic E-state index is 0.0222. The molecule has 1 aromatic carbocycles. The first-order valence-corrected chi connectivity index (χ1v) is 5.35. The number of benzene rings is 1. The largest absolute Gasteiger partial charge is 0.508 e. The maximum Gasteiger partial charge on any atom is 0.319 e. The van der Waals surface area contributed by atoms with Gasteiger partial charge in [0.1, 0.15) is 5.75 Å². The van der Waals surface area contributed by atoms with Gasteiger partial charge < -0.3 is 14.9 Å². The summed E-state index contributed by atoms with van der Waals surface area (Å²) in [5, 5.41) is 9.41. The van der Waals surface area contributed by atoms with Crippen molar-refractivity contribution in [2.24, 2.45) is 0 Å². The van der Waals surface area contributed by atoms with E-state index in [0.717, 1.165) is 18.5 Å². The van der Waals surface area contributed by atoms with Gasteiger partial charge in [0.25, 0.3) is 0 Å². The van der Waals surface area contributed by atoms with Crippen LogP contribution in [0.3, 0.4) is 0 Å². The van der Waals surface area contributed by atoms with Crippen LogP contribution >= 0.6 is 0 Å². The standard InChI is InChI=1S/C12H16N2O2/c1-13(2)12(16)14-6-5-9-3-4-11(15)7-10(9)8-14/h3-4,7,15H,5-6,8H2,1-2H3. The number of urea groups is 1. The number of carbonyl (C=O) groups excluding carboxylic acids is 1. The third-order valence-electron chi connectivity index (χ3n) is 2.86. The van der Waals surface area contributed by atoms with E-state index in [1.807, 2.05) is 6.07 Å². The smallest absolute Gasteiger partial charge is 0.319 e. The van der Waals surface area contributed by atoms with E-state index >= 15 is 0 Å². The number of phenols is 1. The first kappa shape index (κ1) is 10.8. The second-order valence-electron chi connectivity index (χ2n) is 4.30. The Labute approximate surface area is 95.1 Å². The fraction of sp³-hybridized carbons (Fsp3) is 0.417. The number of nitrogens with zero attached hydrogens (tertiary/aromatic N) is 2. The molecule has 1 aromatic rings. The SMILES string of the molecule is CN(C)C(=O)N1CCc2ccc(O)cc2C1. The van der Waals surface area contributed by atoms with E-state index in [1.165, 1.54) is 5.56 Å². The zero-order valence-electron chi connectivity index (χ0n) is 9.60. The Kier molecular flexibility index (Phi) is 2.73. The van der Waals surface area contributed by atoms with E-state index in [9.17, 15) is 9.90 Å². The lowest BCUT2D eigenvalue weighted by atomic mass is 10.00. The molecule has 0 aromatic heterocycles. The normalized spacial score (nSPS) is 14.5. The van der Waals surface area contributed by atoms with Crippen molar-refractivity contribution in [3.63, 3.8) is 0 Å². The quantitative estimate of drug-likeness (QED) is 0.718. The molecular weight excluding hydrogens is 204 g/mol. The summed E-state index contributed by atoms with van der Waals surface area (Å²) in [4.78, 5) is 15.2. The summed E-state index contributed by atoms with van der Waals surface area (Å²) in [6.07, 6.45) is 0.856. The molecule has 86 valence electrons. The van der Waals surface area contributed by atoms with Gasteiger partial charge in [0.2, 0.25) is 0 Å². The molecule has 4 nitrogen and oxygen atoms in total. The van der Waals surface area contributed by atoms with Gasteiger partial charge in [0.15, 0.2) is 0 Å². The summed E-state index contributed by atoms with van der Waals surface area (Å²) in [5.41, 5.74) is 2.27. The molecule has 0 unspecified atom stereocenters. The van der Waals surface area contributed by atoms with Crippen molar-refractivity contribution >= 4 is 6.03 Å². The molecule has 0 spiro atoms. The number of rotatable bonds is 0. The average molecular weight is 220 g/mol. The molecule has 0 radical (unpaired) electrons. The topological polar surface area (TPSA) is 43.8 Å². The van der Waals surface area contributed by atoms with Crippen LogP contribution in [0.25, 0.3) is 0 Å². The minimum Gasteiger partial charge on any atom is -0.508 e. The summed E-state index contributed by atoms with van der Waals surface area (Å²) in [6, 6.07) is 5.39. The molecule has 4 heteroatoms. The van der Waals surface area contributed by atoms with Crippen LogP contribution in [0.1, 0.15) is 11.1 Å². The lowest BCUT2D eigenvalue weighted by Crippen LogP contribution is -2.42. The third kappa shape index (κ3) is 1.96. The molecule has 16 heavy (non-hydrogen) atoms. The zero-order chi connectivity index (χ0) is 11.7. The zero-order valence-corrected chi connectivity index (χ0v) is 9.60. The summed E-state index contributed by atoms with van der Waals surface area (Å²) < 4.78 is 0. The van der Waals surface area contributed by atoms with Crippen molar-refractivity contribution in [3.8, 4) is 5.75 Å². The summed E-state index contributed by atoms with van der Waals surface area (Å²) in [5.74, 6) is 0.262. The van der Waals surface area contributed by atoms with Gasteiger partial charge in [-0.05, 0) is 29.7 Å². The Balaban J connectivity index is 2.20. The predicted molar refractivity (Wildman–Crippen MR) is 61.3 cm³/mol. The third-order valence-corrected chi connectivity index (χ3v) is 2.86. The number of phenolic OH excluding ortho intramolecular Hbond substituents is 1. The maximum atomic E-state index is 11.8. The van der Waals surface area contributed by atoms with E-state index < -0.39 is 0 Å².